The van der Waals surface area contributed by atoms with Gasteiger partial charge in [-0.05, 0) is 49.2 Å². The van der Waals surface area contributed by atoms with Crippen LogP contribution < -0.4 is 10.3 Å². The minimum Gasteiger partial charge on any atom is -0.504 e. The molecule has 6 heteroatoms. The molecule has 6 nitrogen and oxygen atoms in total. The van der Waals surface area contributed by atoms with Crippen molar-refractivity contribution in [3.8, 4) is 17.6 Å². The van der Waals surface area contributed by atoms with Crippen molar-refractivity contribution in [1.29, 1.82) is 5.26 Å². The third kappa shape index (κ3) is 2.83. The van der Waals surface area contributed by atoms with Crippen LogP contribution in [0.3, 0.4) is 0 Å². The molecule has 0 unspecified atom stereocenters. The second-order valence-corrected chi connectivity index (χ2v) is 4.75. The van der Waals surface area contributed by atoms with E-state index in [2.05, 4.69) is 5.10 Å². The molecular formula is C16H15N3O3. The Labute approximate surface area is 127 Å². The maximum atomic E-state index is 12.2. The van der Waals surface area contributed by atoms with Crippen molar-refractivity contribution in [2.45, 2.75) is 13.8 Å². The smallest absolute Gasteiger partial charge is 0.289 e. The van der Waals surface area contributed by atoms with Gasteiger partial charge in [-0.2, -0.15) is 10.4 Å². The van der Waals surface area contributed by atoms with Gasteiger partial charge in [-0.1, -0.05) is 0 Å². The number of aromatic nitrogens is 1. The third-order valence-corrected chi connectivity index (χ3v) is 3.20. The van der Waals surface area contributed by atoms with Gasteiger partial charge in [0.2, 0.25) is 0 Å². The first-order chi connectivity index (χ1) is 10.5. The van der Waals surface area contributed by atoms with E-state index < -0.39 is 5.56 Å². The molecule has 0 saturated heterocycles. The number of phenolic OH excluding ortho intramolecular Hbond substituents is 1. The average Bonchev–Trinajstić information content (AvgIpc) is 2.47. The number of ether oxygens (including phenoxy) is 1. The van der Waals surface area contributed by atoms with Crippen molar-refractivity contribution >= 4 is 6.21 Å². The largest absolute Gasteiger partial charge is 0.504 e. The van der Waals surface area contributed by atoms with E-state index in [1.165, 1.54) is 19.4 Å². The number of nitrogens with zero attached hydrogens (tertiary/aromatic N) is 3. The molecule has 0 aliphatic rings. The minimum absolute atomic E-state index is 0.0165. The van der Waals surface area contributed by atoms with Crippen LogP contribution in [0.1, 0.15) is 22.4 Å². The minimum atomic E-state index is -0.464. The van der Waals surface area contributed by atoms with E-state index in [1.54, 1.807) is 32.0 Å². The highest BCUT2D eigenvalue weighted by Crippen LogP contribution is 2.25. The van der Waals surface area contributed by atoms with Crippen LogP contribution >= 0.6 is 0 Å². The van der Waals surface area contributed by atoms with Crippen LogP contribution in [0, 0.1) is 25.2 Å². The Morgan fingerprint density at radius 1 is 1.36 bits per heavy atom. The van der Waals surface area contributed by atoms with Gasteiger partial charge in [0, 0.05) is 5.69 Å². The quantitative estimate of drug-likeness (QED) is 0.877. The summed E-state index contributed by atoms with van der Waals surface area (Å²) >= 11 is 0. The number of hydrogen-bond donors (Lipinski definition) is 1. The molecule has 112 valence electrons. The van der Waals surface area contributed by atoms with E-state index in [-0.39, 0.29) is 11.3 Å². The second-order valence-electron chi connectivity index (χ2n) is 4.75. The first kappa shape index (κ1) is 15.3. The lowest BCUT2D eigenvalue weighted by molar-refractivity contribution is 0.373. The van der Waals surface area contributed by atoms with E-state index in [0.717, 1.165) is 4.68 Å². The molecule has 2 aromatic rings. The highest BCUT2D eigenvalue weighted by Gasteiger charge is 2.09. The molecule has 0 aliphatic carbocycles. The molecular weight excluding hydrogens is 282 g/mol. The van der Waals surface area contributed by atoms with Gasteiger partial charge in [-0.3, -0.25) is 4.79 Å². The molecule has 0 fully saturated rings. The van der Waals surface area contributed by atoms with Crippen LogP contribution in [0.5, 0.6) is 11.5 Å². The fraction of sp³-hybridized carbons (Fsp3) is 0.188. The second kappa shape index (κ2) is 6.14. The van der Waals surface area contributed by atoms with Gasteiger partial charge in [-0.15, -0.1) is 0 Å². The number of pyridine rings is 1. The molecule has 0 aliphatic heterocycles. The Bertz CT molecular complexity index is 845. The first-order valence-corrected chi connectivity index (χ1v) is 6.52. The molecule has 1 heterocycles. The summed E-state index contributed by atoms with van der Waals surface area (Å²) < 4.78 is 6.12. The molecule has 0 atom stereocenters. The number of methoxy groups -OCH3 is 1. The Balaban J connectivity index is 2.45. The van der Waals surface area contributed by atoms with E-state index in [4.69, 9.17) is 10.00 Å². The summed E-state index contributed by atoms with van der Waals surface area (Å²) in [5, 5.41) is 22.8. The molecule has 0 saturated carbocycles. The van der Waals surface area contributed by atoms with Gasteiger partial charge in [-0.25, -0.2) is 4.68 Å². The maximum absolute atomic E-state index is 12.2. The van der Waals surface area contributed by atoms with E-state index in [0.29, 0.717) is 22.6 Å². The normalized spacial score (nSPS) is 10.6. The highest BCUT2D eigenvalue weighted by molar-refractivity contribution is 5.80. The number of nitriles is 1. The van der Waals surface area contributed by atoms with Crippen molar-refractivity contribution in [3.63, 3.8) is 0 Å². The first-order valence-electron chi connectivity index (χ1n) is 6.52. The van der Waals surface area contributed by atoms with Gasteiger partial charge >= 0.3 is 0 Å². The summed E-state index contributed by atoms with van der Waals surface area (Å²) in [5.41, 5.74) is 1.45. The molecule has 1 aromatic heterocycles. The third-order valence-electron chi connectivity index (χ3n) is 3.20. The number of rotatable bonds is 3. The van der Waals surface area contributed by atoms with Crippen LogP contribution in [-0.2, 0) is 0 Å². The van der Waals surface area contributed by atoms with Gasteiger partial charge < -0.3 is 9.84 Å². The average molecular weight is 297 g/mol. The molecule has 2 rings (SSSR count). The van der Waals surface area contributed by atoms with Crippen molar-refractivity contribution in [2.75, 3.05) is 7.11 Å². The highest BCUT2D eigenvalue weighted by atomic mass is 16.5. The van der Waals surface area contributed by atoms with Gasteiger partial charge in [0.15, 0.2) is 11.5 Å². The maximum Gasteiger partial charge on any atom is 0.289 e. The number of aromatic hydroxyl groups is 1. The zero-order valence-electron chi connectivity index (χ0n) is 12.5. The fourth-order valence-electron chi connectivity index (χ4n) is 2.07. The predicted molar refractivity (Wildman–Crippen MR) is 82.5 cm³/mol. The van der Waals surface area contributed by atoms with Crippen molar-refractivity contribution in [3.05, 3.63) is 57.0 Å². The lowest BCUT2D eigenvalue weighted by Gasteiger charge is -2.06. The van der Waals surface area contributed by atoms with E-state index in [9.17, 15) is 9.90 Å². The SMILES string of the molecule is COc1ccc(C=Nn2c(C)cc(C)c(C#N)c2=O)cc1O. The van der Waals surface area contributed by atoms with Crippen LogP contribution in [0.4, 0.5) is 0 Å². The molecule has 0 radical (unpaired) electrons. The standard InChI is InChI=1S/C16H15N3O3/c1-10-6-11(2)19(16(21)13(10)8-17)18-9-12-4-5-15(22-3)14(20)7-12/h4-7,9,20H,1-3H3. The molecule has 0 bridgehead atoms. The number of phenols is 1. The predicted octanol–water partition coefficient (Wildman–Crippen LogP) is 1.93. The summed E-state index contributed by atoms with van der Waals surface area (Å²) in [5.74, 6) is 0.338. The summed E-state index contributed by atoms with van der Waals surface area (Å²) in [6.07, 6.45) is 1.43. The number of aryl methyl sites for hydroxylation is 2. The lowest BCUT2D eigenvalue weighted by atomic mass is 10.1. The summed E-state index contributed by atoms with van der Waals surface area (Å²) in [7, 11) is 1.46. The van der Waals surface area contributed by atoms with Gasteiger partial charge in [0.05, 0.1) is 13.3 Å². The molecule has 1 aromatic carbocycles. The molecule has 0 spiro atoms. The topological polar surface area (TPSA) is 87.6 Å². The molecule has 1 N–H and O–H groups in total. The van der Waals surface area contributed by atoms with Crippen LogP contribution in [0.15, 0.2) is 34.2 Å². The Morgan fingerprint density at radius 2 is 2.09 bits per heavy atom. The van der Waals surface area contributed by atoms with Crippen LogP contribution in [0.2, 0.25) is 0 Å². The Kier molecular flexibility index (Phi) is 4.28. The lowest BCUT2D eigenvalue weighted by Crippen LogP contribution is -2.22. The van der Waals surface area contributed by atoms with Crippen molar-refractivity contribution in [2.24, 2.45) is 5.10 Å². The monoisotopic (exact) mass is 297 g/mol. The fourth-order valence-corrected chi connectivity index (χ4v) is 2.07. The Morgan fingerprint density at radius 3 is 2.68 bits per heavy atom. The number of benzene rings is 1. The number of hydrogen-bond acceptors (Lipinski definition) is 5. The van der Waals surface area contributed by atoms with Crippen LogP contribution in [-0.4, -0.2) is 23.1 Å². The summed E-state index contributed by atoms with van der Waals surface area (Å²) in [4.78, 5) is 12.2. The zero-order chi connectivity index (χ0) is 16.3. The molecule has 0 amide bonds. The van der Waals surface area contributed by atoms with Crippen LogP contribution in [0.25, 0.3) is 0 Å². The Hall–Kier alpha value is -3.07. The van der Waals surface area contributed by atoms with E-state index >= 15 is 0 Å². The summed E-state index contributed by atoms with van der Waals surface area (Å²) in [6, 6.07) is 8.38. The van der Waals surface area contributed by atoms with E-state index in [1.807, 2.05) is 6.07 Å². The zero-order valence-corrected chi connectivity index (χ0v) is 12.5. The van der Waals surface area contributed by atoms with Crippen molar-refractivity contribution in [1.82, 2.24) is 4.68 Å². The van der Waals surface area contributed by atoms with Gasteiger partial charge in [0.25, 0.3) is 5.56 Å². The molecule has 22 heavy (non-hydrogen) atoms. The van der Waals surface area contributed by atoms with Crippen molar-refractivity contribution < 1.29 is 9.84 Å². The summed E-state index contributed by atoms with van der Waals surface area (Å²) in [6.45, 7) is 3.45. The van der Waals surface area contributed by atoms with Gasteiger partial charge in [0.1, 0.15) is 11.6 Å².